The van der Waals surface area contributed by atoms with Crippen LogP contribution in [0.25, 0.3) is 10.7 Å². The van der Waals surface area contributed by atoms with Crippen LogP contribution in [0.5, 0.6) is 5.75 Å². The highest BCUT2D eigenvalue weighted by Crippen LogP contribution is 2.32. The Kier molecular flexibility index (Phi) is 3.52. The predicted octanol–water partition coefficient (Wildman–Crippen LogP) is 2.46. The average molecular weight is 278 g/mol. The lowest BCUT2D eigenvalue weighted by Gasteiger charge is -2.24. The van der Waals surface area contributed by atoms with Gasteiger partial charge in [0.15, 0.2) is 11.6 Å². The molecule has 3 heterocycles. The summed E-state index contributed by atoms with van der Waals surface area (Å²) >= 11 is 1.65. The van der Waals surface area contributed by atoms with E-state index in [1.807, 2.05) is 11.4 Å². The first-order chi connectivity index (χ1) is 9.33. The van der Waals surface area contributed by atoms with E-state index in [9.17, 15) is 0 Å². The molecule has 1 N–H and O–H groups in total. The molecule has 2 aromatic heterocycles. The van der Waals surface area contributed by atoms with Crippen molar-refractivity contribution in [3.05, 3.63) is 17.3 Å². The number of nitrogens with one attached hydrogen (secondary N) is 1. The van der Waals surface area contributed by atoms with Crippen LogP contribution < -0.4 is 10.1 Å². The lowest BCUT2D eigenvalue weighted by atomic mass is 10.1. The fourth-order valence-corrected chi connectivity index (χ4v) is 3.33. The second kappa shape index (κ2) is 5.30. The Balaban J connectivity index is 1.96. The van der Waals surface area contributed by atoms with E-state index in [4.69, 9.17) is 4.74 Å². The second-order valence-corrected chi connectivity index (χ2v) is 5.59. The number of nitrogens with zero attached hydrogens (tertiary/aromatic N) is 3. The number of rotatable bonds is 4. The highest BCUT2D eigenvalue weighted by atomic mass is 32.1. The smallest absolute Gasteiger partial charge is 0.174 e. The number of hydrogen-bond donors (Lipinski definition) is 1. The van der Waals surface area contributed by atoms with Gasteiger partial charge in [-0.2, -0.15) is 0 Å². The van der Waals surface area contributed by atoms with Crippen LogP contribution in [-0.4, -0.2) is 28.4 Å². The van der Waals surface area contributed by atoms with E-state index in [2.05, 4.69) is 27.0 Å². The molecule has 1 aliphatic heterocycles. The van der Waals surface area contributed by atoms with Crippen LogP contribution in [0.2, 0.25) is 0 Å². The molecular formula is C13H18N4OS. The summed E-state index contributed by atoms with van der Waals surface area (Å²) in [5.41, 5.74) is 0. The van der Waals surface area contributed by atoms with Gasteiger partial charge >= 0.3 is 0 Å². The predicted molar refractivity (Wildman–Crippen MR) is 75.5 cm³/mol. The van der Waals surface area contributed by atoms with Gasteiger partial charge < -0.3 is 14.6 Å². The zero-order valence-electron chi connectivity index (χ0n) is 11.2. The fraction of sp³-hybridized carbons (Fsp3) is 0.538. The van der Waals surface area contributed by atoms with Crippen molar-refractivity contribution in [2.75, 3.05) is 13.7 Å². The van der Waals surface area contributed by atoms with Gasteiger partial charge in [-0.15, -0.1) is 21.5 Å². The van der Waals surface area contributed by atoms with E-state index in [1.54, 1.807) is 18.4 Å². The highest BCUT2D eigenvalue weighted by Gasteiger charge is 2.25. The molecule has 0 fully saturated rings. The summed E-state index contributed by atoms with van der Waals surface area (Å²) in [5, 5.41) is 14.3. The molecule has 1 unspecified atom stereocenters. The molecule has 1 atom stereocenters. The van der Waals surface area contributed by atoms with E-state index < -0.39 is 0 Å². The summed E-state index contributed by atoms with van der Waals surface area (Å²) in [4.78, 5) is 1.12. The minimum absolute atomic E-state index is 0.335. The Hall–Kier alpha value is -1.40. The Morgan fingerprint density at radius 3 is 3.16 bits per heavy atom. The number of fused-ring (bicyclic) bond motifs is 1. The van der Waals surface area contributed by atoms with Gasteiger partial charge in [0.25, 0.3) is 0 Å². The third kappa shape index (κ3) is 2.26. The van der Waals surface area contributed by atoms with Crippen molar-refractivity contribution in [2.24, 2.45) is 0 Å². The van der Waals surface area contributed by atoms with Crippen molar-refractivity contribution >= 4 is 11.3 Å². The molecule has 0 aromatic carbocycles. The van der Waals surface area contributed by atoms with Crippen LogP contribution >= 0.6 is 11.3 Å². The third-order valence-corrected chi connectivity index (χ3v) is 4.33. The molecule has 6 heteroatoms. The zero-order chi connectivity index (χ0) is 13.2. The molecule has 102 valence electrons. The van der Waals surface area contributed by atoms with E-state index >= 15 is 0 Å². The Labute approximate surface area is 116 Å². The van der Waals surface area contributed by atoms with Crippen LogP contribution in [0.15, 0.2) is 11.4 Å². The SMILES string of the molecule is CCCC1NCCn2c(-c3cc(OC)cs3)nnc21. The molecule has 2 aromatic rings. The maximum Gasteiger partial charge on any atom is 0.174 e. The fourth-order valence-electron chi connectivity index (χ4n) is 2.48. The van der Waals surface area contributed by atoms with E-state index in [0.29, 0.717) is 6.04 Å². The molecule has 0 aliphatic carbocycles. The van der Waals surface area contributed by atoms with Gasteiger partial charge in [0.2, 0.25) is 0 Å². The topological polar surface area (TPSA) is 52.0 Å². The molecule has 19 heavy (non-hydrogen) atoms. The van der Waals surface area contributed by atoms with E-state index in [0.717, 1.165) is 48.2 Å². The standard InChI is InChI=1S/C13H18N4OS/c1-3-4-10-12-15-16-13(17(12)6-5-14-10)11-7-9(18-2)8-19-11/h7-8,10,14H,3-6H2,1-2H3. The lowest BCUT2D eigenvalue weighted by molar-refractivity contribution is 0.394. The van der Waals surface area contributed by atoms with Gasteiger partial charge in [-0.1, -0.05) is 13.3 Å². The molecular weight excluding hydrogens is 260 g/mol. The summed E-state index contributed by atoms with van der Waals surface area (Å²) in [7, 11) is 1.69. The lowest BCUT2D eigenvalue weighted by Crippen LogP contribution is -2.33. The summed E-state index contributed by atoms with van der Waals surface area (Å²) in [6.45, 7) is 4.10. The molecule has 0 bridgehead atoms. The van der Waals surface area contributed by atoms with Gasteiger partial charge in [-0.3, -0.25) is 0 Å². The Bertz CT molecular complexity index is 563. The summed E-state index contributed by atoms with van der Waals surface area (Å²) in [6.07, 6.45) is 2.25. The molecule has 5 nitrogen and oxygen atoms in total. The van der Waals surface area contributed by atoms with Crippen molar-refractivity contribution in [2.45, 2.75) is 32.4 Å². The first-order valence-electron chi connectivity index (χ1n) is 6.63. The quantitative estimate of drug-likeness (QED) is 0.933. The van der Waals surface area contributed by atoms with Crippen LogP contribution in [0.4, 0.5) is 0 Å². The minimum atomic E-state index is 0.335. The van der Waals surface area contributed by atoms with Gasteiger partial charge in [-0.25, -0.2) is 0 Å². The van der Waals surface area contributed by atoms with Crippen LogP contribution in [-0.2, 0) is 6.54 Å². The average Bonchev–Trinajstić information content (AvgIpc) is 3.05. The van der Waals surface area contributed by atoms with Crippen molar-refractivity contribution in [3.63, 3.8) is 0 Å². The van der Waals surface area contributed by atoms with Crippen molar-refractivity contribution in [3.8, 4) is 16.5 Å². The van der Waals surface area contributed by atoms with Gasteiger partial charge in [0.05, 0.1) is 18.0 Å². The maximum atomic E-state index is 5.24. The van der Waals surface area contributed by atoms with E-state index in [1.165, 1.54) is 0 Å². The second-order valence-electron chi connectivity index (χ2n) is 4.68. The number of methoxy groups -OCH3 is 1. The maximum absolute atomic E-state index is 5.24. The monoisotopic (exact) mass is 278 g/mol. The largest absolute Gasteiger partial charge is 0.496 e. The summed E-state index contributed by atoms with van der Waals surface area (Å²) in [5.74, 6) is 2.91. The van der Waals surface area contributed by atoms with E-state index in [-0.39, 0.29) is 0 Å². The van der Waals surface area contributed by atoms with Crippen molar-refractivity contribution in [1.82, 2.24) is 20.1 Å². The third-order valence-electron chi connectivity index (χ3n) is 3.43. The molecule has 0 spiro atoms. The molecule has 0 saturated carbocycles. The van der Waals surface area contributed by atoms with Crippen molar-refractivity contribution < 1.29 is 4.74 Å². The highest BCUT2D eigenvalue weighted by molar-refractivity contribution is 7.13. The number of thiophene rings is 1. The number of aromatic nitrogens is 3. The number of hydrogen-bond acceptors (Lipinski definition) is 5. The van der Waals surface area contributed by atoms with Gasteiger partial charge in [0.1, 0.15) is 5.75 Å². The zero-order valence-corrected chi connectivity index (χ0v) is 12.0. The molecule has 0 amide bonds. The van der Waals surface area contributed by atoms with Crippen molar-refractivity contribution in [1.29, 1.82) is 0 Å². The molecule has 0 saturated heterocycles. The van der Waals surface area contributed by atoms with Gasteiger partial charge in [0, 0.05) is 24.5 Å². The normalized spacial score (nSPS) is 18.3. The molecule has 1 aliphatic rings. The summed E-state index contributed by atoms with van der Waals surface area (Å²) in [6, 6.07) is 2.36. The molecule has 0 radical (unpaired) electrons. The molecule has 3 rings (SSSR count). The Morgan fingerprint density at radius 1 is 1.53 bits per heavy atom. The first-order valence-corrected chi connectivity index (χ1v) is 7.50. The minimum Gasteiger partial charge on any atom is -0.496 e. The summed E-state index contributed by atoms with van der Waals surface area (Å²) < 4.78 is 7.48. The van der Waals surface area contributed by atoms with Gasteiger partial charge in [-0.05, 0) is 6.42 Å². The van der Waals surface area contributed by atoms with Crippen LogP contribution in [0.3, 0.4) is 0 Å². The first kappa shape index (κ1) is 12.6. The van der Waals surface area contributed by atoms with Crippen LogP contribution in [0.1, 0.15) is 31.6 Å². The number of ether oxygens (including phenoxy) is 1. The van der Waals surface area contributed by atoms with Crippen LogP contribution in [0, 0.1) is 0 Å². The Morgan fingerprint density at radius 2 is 2.42 bits per heavy atom.